The summed E-state index contributed by atoms with van der Waals surface area (Å²) in [5.74, 6) is 1.48. The number of benzene rings is 1. The maximum atomic E-state index is 6.10. The maximum absolute atomic E-state index is 6.10. The van der Waals surface area contributed by atoms with E-state index in [2.05, 4.69) is 21.2 Å². The molecular formula is C15H20BrCl2NO. The molecule has 0 amide bonds. The lowest BCUT2D eigenvalue weighted by Gasteiger charge is -2.21. The van der Waals surface area contributed by atoms with E-state index in [1.54, 1.807) is 12.1 Å². The highest BCUT2D eigenvalue weighted by Gasteiger charge is 2.12. The highest BCUT2D eigenvalue weighted by molar-refractivity contribution is 9.10. The highest BCUT2D eigenvalue weighted by Crippen LogP contribution is 2.33. The number of hydrogen-bond acceptors (Lipinski definition) is 2. The van der Waals surface area contributed by atoms with Crippen LogP contribution in [0, 0.1) is 5.92 Å². The second-order valence-corrected chi connectivity index (χ2v) is 6.92. The second-order valence-electron chi connectivity index (χ2n) is 5.25. The summed E-state index contributed by atoms with van der Waals surface area (Å²) in [6.45, 7) is 2.53. The Balaban J connectivity index is 1.66. The van der Waals surface area contributed by atoms with Crippen molar-refractivity contribution in [2.45, 2.75) is 32.1 Å². The Kier molecular flexibility index (Phi) is 6.95. The molecule has 20 heavy (non-hydrogen) atoms. The van der Waals surface area contributed by atoms with Gasteiger partial charge < -0.3 is 10.1 Å². The lowest BCUT2D eigenvalue weighted by Crippen LogP contribution is -2.28. The van der Waals surface area contributed by atoms with E-state index in [4.69, 9.17) is 27.9 Å². The van der Waals surface area contributed by atoms with Crippen molar-refractivity contribution < 1.29 is 4.74 Å². The van der Waals surface area contributed by atoms with Gasteiger partial charge in [-0.15, -0.1) is 0 Å². The normalized spacial score (nSPS) is 16.4. The first-order valence-corrected chi connectivity index (χ1v) is 8.70. The molecule has 2 nitrogen and oxygen atoms in total. The molecular weight excluding hydrogens is 361 g/mol. The molecule has 1 aliphatic rings. The van der Waals surface area contributed by atoms with Gasteiger partial charge >= 0.3 is 0 Å². The smallest absolute Gasteiger partial charge is 0.139 e. The molecule has 1 fully saturated rings. The van der Waals surface area contributed by atoms with E-state index < -0.39 is 0 Å². The average Bonchev–Trinajstić information content (AvgIpc) is 2.45. The molecule has 0 unspecified atom stereocenters. The Morgan fingerprint density at radius 2 is 1.90 bits per heavy atom. The third-order valence-corrected chi connectivity index (χ3v) is 5.16. The van der Waals surface area contributed by atoms with Crippen molar-refractivity contribution in [1.82, 2.24) is 5.32 Å². The van der Waals surface area contributed by atoms with Crippen LogP contribution >= 0.6 is 39.1 Å². The highest BCUT2D eigenvalue weighted by atomic mass is 79.9. The number of nitrogens with one attached hydrogen (secondary N) is 1. The number of halogens is 3. The first-order chi connectivity index (χ1) is 9.66. The monoisotopic (exact) mass is 379 g/mol. The largest absolute Gasteiger partial charge is 0.491 e. The van der Waals surface area contributed by atoms with Crippen LogP contribution in [0.2, 0.25) is 10.0 Å². The molecule has 112 valence electrons. The molecule has 0 heterocycles. The van der Waals surface area contributed by atoms with E-state index in [0.717, 1.165) is 23.5 Å². The molecule has 1 aromatic rings. The summed E-state index contributed by atoms with van der Waals surface area (Å²) in [6, 6.07) is 3.50. The molecule has 0 aliphatic heterocycles. The fourth-order valence-corrected chi connectivity index (χ4v) is 3.39. The molecule has 1 saturated carbocycles. The first kappa shape index (κ1) is 16.4. The van der Waals surface area contributed by atoms with Gasteiger partial charge in [0.2, 0.25) is 0 Å². The van der Waals surface area contributed by atoms with E-state index in [-0.39, 0.29) is 0 Å². The van der Waals surface area contributed by atoms with Crippen LogP contribution in [-0.4, -0.2) is 19.7 Å². The van der Waals surface area contributed by atoms with Crippen molar-refractivity contribution in [3.05, 3.63) is 26.7 Å². The predicted molar refractivity (Wildman–Crippen MR) is 89.1 cm³/mol. The molecule has 2 rings (SSSR count). The minimum Gasteiger partial charge on any atom is -0.491 e. The van der Waals surface area contributed by atoms with E-state index in [1.807, 2.05) is 0 Å². The van der Waals surface area contributed by atoms with E-state index in [0.29, 0.717) is 22.4 Å². The summed E-state index contributed by atoms with van der Waals surface area (Å²) in [5.41, 5.74) is 0. The van der Waals surface area contributed by atoms with Gasteiger partial charge in [-0.2, -0.15) is 0 Å². The molecule has 0 spiro atoms. The maximum Gasteiger partial charge on any atom is 0.139 e. The standard InChI is InChI=1S/C15H20BrCl2NO/c16-12-8-14(18)15(9-13(12)17)20-7-6-19-10-11-4-2-1-3-5-11/h8-9,11,19H,1-7,10H2. The molecule has 0 aromatic heterocycles. The van der Waals surface area contributed by atoms with Crippen LogP contribution in [0.4, 0.5) is 0 Å². The lowest BCUT2D eigenvalue weighted by molar-refractivity contribution is 0.294. The van der Waals surface area contributed by atoms with E-state index in [9.17, 15) is 0 Å². The second kappa shape index (κ2) is 8.47. The zero-order chi connectivity index (χ0) is 14.4. The van der Waals surface area contributed by atoms with Gasteiger partial charge in [0, 0.05) is 17.1 Å². The van der Waals surface area contributed by atoms with Gasteiger partial charge in [-0.05, 0) is 47.3 Å². The van der Waals surface area contributed by atoms with Crippen LogP contribution < -0.4 is 10.1 Å². The van der Waals surface area contributed by atoms with Crippen LogP contribution in [0.5, 0.6) is 5.75 Å². The van der Waals surface area contributed by atoms with Crippen molar-refractivity contribution in [3.8, 4) is 5.75 Å². The van der Waals surface area contributed by atoms with Crippen molar-refractivity contribution in [3.63, 3.8) is 0 Å². The van der Waals surface area contributed by atoms with Crippen LogP contribution in [0.25, 0.3) is 0 Å². The minimum absolute atomic E-state index is 0.577. The van der Waals surface area contributed by atoms with Crippen molar-refractivity contribution >= 4 is 39.1 Å². The van der Waals surface area contributed by atoms with Crippen molar-refractivity contribution in [2.24, 2.45) is 5.92 Å². The Hall–Kier alpha value is 0.0400. The van der Waals surface area contributed by atoms with Gasteiger partial charge in [0.15, 0.2) is 0 Å². The lowest BCUT2D eigenvalue weighted by atomic mass is 9.89. The third kappa shape index (κ3) is 5.10. The zero-order valence-corrected chi connectivity index (χ0v) is 14.5. The van der Waals surface area contributed by atoms with Crippen LogP contribution in [0.1, 0.15) is 32.1 Å². The molecule has 1 aromatic carbocycles. The van der Waals surface area contributed by atoms with Crippen molar-refractivity contribution in [1.29, 1.82) is 0 Å². The Bertz CT molecular complexity index is 436. The van der Waals surface area contributed by atoms with Gasteiger partial charge in [-0.25, -0.2) is 0 Å². The Morgan fingerprint density at radius 1 is 1.15 bits per heavy atom. The Morgan fingerprint density at radius 3 is 2.65 bits per heavy atom. The van der Waals surface area contributed by atoms with Gasteiger partial charge in [0.1, 0.15) is 12.4 Å². The van der Waals surface area contributed by atoms with Gasteiger partial charge in [-0.3, -0.25) is 0 Å². The van der Waals surface area contributed by atoms with Gasteiger partial charge in [0.25, 0.3) is 0 Å². The number of ether oxygens (including phenoxy) is 1. The van der Waals surface area contributed by atoms with Crippen LogP contribution in [0.3, 0.4) is 0 Å². The zero-order valence-electron chi connectivity index (χ0n) is 11.4. The van der Waals surface area contributed by atoms with Gasteiger partial charge in [-0.1, -0.05) is 42.5 Å². The minimum atomic E-state index is 0.577. The fourth-order valence-electron chi connectivity index (χ4n) is 2.55. The molecule has 1 N–H and O–H groups in total. The molecule has 5 heteroatoms. The summed E-state index contributed by atoms with van der Waals surface area (Å²) in [4.78, 5) is 0. The molecule has 0 saturated heterocycles. The molecule has 0 atom stereocenters. The summed E-state index contributed by atoms with van der Waals surface area (Å²) in [7, 11) is 0. The molecule has 1 aliphatic carbocycles. The fraction of sp³-hybridized carbons (Fsp3) is 0.600. The van der Waals surface area contributed by atoms with Gasteiger partial charge in [0.05, 0.1) is 10.0 Å². The third-order valence-electron chi connectivity index (χ3n) is 3.67. The predicted octanol–water partition coefficient (Wildman–Crippen LogP) is 5.30. The summed E-state index contributed by atoms with van der Waals surface area (Å²) in [6.07, 6.45) is 6.90. The van der Waals surface area contributed by atoms with E-state index >= 15 is 0 Å². The first-order valence-electron chi connectivity index (χ1n) is 7.15. The topological polar surface area (TPSA) is 21.3 Å². The number of rotatable bonds is 6. The number of hydrogen-bond donors (Lipinski definition) is 1. The summed E-state index contributed by atoms with van der Waals surface area (Å²) >= 11 is 15.5. The quantitative estimate of drug-likeness (QED) is 0.533. The van der Waals surface area contributed by atoms with Crippen LogP contribution in [0.15, 0.2) is 16.6 Å². The van der Waals surface area contributed by atoms with Crippen LogP contribution in [-0.2, 0) is 0 Å². The average molecular weight is 381 g/mol. The SMILES string of the molecule is Clc1cc(OCCNCC2CCCCC2)c(Cl)cc1Br. The van der Waals surface area contributed by atoms with Crippen molar-refractivity contribution in [2.75, 3.05) is 19.7 Å². The van der Waals surface area contributed by atoms with E-state index in [1.165, 1.54) is 32.1 Å². The summed E-state index contributed by atoms with van der Waals surface area (Å²) < 4.78 is 6.45. The molecule has 0 bridgehead atoms. The summed E-state index contributed by atoms with van der Waals surface area (Å²) in [5, 5.41) is 4.65. The molecule has 0 radical (unpaired) electrons. The Labute approximate surface area is 139 Å².